The minimum Gasteiger partial charge on any atom is -0.466 e. The van der Waals surface area contributed by atoms with E-state index in [-0.39, 0.29) is 16.9 Å². The van der Waals surface area contributed by atoms with Crippen molar-refractivity contribution in [3.8, 4) is 0 Å². The number of ketones is 1. The van der Waals surface area contributed by atoms with E-state index in [1.807, 2.05) is 0 Å². The number of hydrogen-bond donors (Lipinski definition) is 1. The molecule has 3 rings (SSSR count). The summed E-state index contributed by atoms with van der Waals surface area (Å²) in [5.74, 6) is -3.92. The second-order valence-corrected chi connectivity index (χ2v) is 5.87. The van der Waals surface area contributed by atoms with Crippen LogP contribution in [-0.4, -0.2) is 31.4 Å². The van der Waals surface area contributed by atoms with E-state index in [0.717, 1.165) is 19.2 Å². The fourth-order valence-corrected chi connectivity index (χ4v) is 2.76. The highest BCUT2D eigenvalue weighted by atomic mass is 19.1. The zero-order valence-corrected chi connectivity index (χ0v) is 14.3. The number of anilines is 1. The van der Waals surface area contributed by atoms with Crippen LogP contribution in [0.5, 0.6) is 0 Å². The number of carbonyl (C=O) groups is 3. The van der Waals surface area contributed by atoms with Gasteiger partial charge in [-0.25, -0.2) is 18.4 Å². The SMILES string of the molecule is COC(=O)C(OC(=O)c1ccc2c(c1)C(=O)CCN2)c1cc(F)cc(F)c1. The first kappa shape index (κ1) is 18.5. The summed E-state index contributed by atoms with van der Waals surface area (Å²) in [5.41, 5.74) is 0.751. The Bertz CT molecular complexity index is 908. The number of halogens is 2. The zero-order chi connectivity index (χ0) is 19.6. The van der Waals surface area contributed by atoms with Crippen molar-refractivity contribution in [2.45, 2.75) is 12.5 Å². The topological polar surface area (TPSA) is 81.7 Å². The van der Waals surface area contributed by atoms with Crippen LogP contribution in [0, 0.1) is 11.6 Å². The van der Waals surface area contributed by atoms with Crippen molar-refractivity contribution in [2.75, 3.05) is 19.0 Å². The molecule has 0 saturated carbocycles. The highest BCUT2D eigenvalue weighted by Crippen LogP contribution is 2.26. The zero-order valence-electron chi connectivity index (χ0n) is 14.3. The summed E-state index contributed by atoms with van der Waals surface area (Å²) in [4.78, 5) is 36.4. The Kier molecular flexibility index (Phi) is 5.16. The average molecular weight is 375 g/mol. The van der Waals surface area contributed by atoms with Gasteiger partial charge in [0.15, 0.2) is 5.78 Å². The number of Topliss-reactive ketones (excluding diaryl/α,β-unsaturated/α-hetero) is 1. The van der Waals surface area contributed by atoms with E-state index in [1.54, 1.807) is 6.07 Å². The minimum absolute atomic E-state index is 0.0246. The van der Waals surface area contributed by atoms with Crippen LogP contribution in [-0.2, 0) is 14.3 Å². The summed E-state index contributed by atoms with van der Waals surface area (Å²) in [6.07, 6.45) is -1.36. The molecule has 8 heteroatoms. The van der Waals surface area contributed by atoms with Gasteiger partial charge in [-0.05, 0) is 30.3 Å². The number of benzene rings is 2. The number of esters is 2. The minimum atomic E-state index is -1.66. The van der Waals surface area contributed by atoms with Gasteiger partial charge in [0.25, 0.3) is 0 Å². The van der Waals surface area contributed by atoms with Crippen LogP contribution in [0.1, 0.15) is 38.8 Å². The Morgan fingerprint density at radius 1 is 1.11 bits per heavy atom. The van der Waals surface area contributed by atoms with Crippen molar-refractivity contribution >= 4 is 23.4 Å². The molecule has 0 radical (unpaired) electrons. The van der Waals surface area contributed by atoms with Crippen molar-refractivity contribution in [1.82, 2.24) is 0 Å². The summed E-state index contributed by atoms with van der Waals surface area (Å²) in [6.45, 7) is 0.505. The third-order valence-electron chi connectivity index (χ3n) is 4.05. The molecule has 0 aromatic heterocycles. The third-order valence-corrected chi connectivity index (χ3v) is 4.05. The lowest BCUT2D eigenvalue weighted by Gasteiger charge is -2.19. The van der Waals surface area contributed by atoms with Gasteiger partial charge in [0.1, 0.15) is 11.6 Å². The largest absolute Gasteiger partial charge is 0.466 e. The Labute approximate surface area is 153 Å². The van der Waals surface area contributed by atoms with Gasteiger partial charge in [-0.15, -0.1) is 0 Å². The highest BCUT2D eigenvalue weighted by molar-refractivity contribution is 6.05. The molecule has 1 unspecified atom stereocenters. The monoisotopic (exact) mass is 375 g/mol. The number of fused-ring (bicyclic) bond motifs is 1. The molecule has 1 aliphatic rings. The second-order valence-electron chi connectivity index (χ2n) is 5.87. The van der Waals surface area contributed by atoms with Crippen LogP contribution in [0.2, 0.25) is 0 Å². The van der Waals surface area contributed by atoms with Crippen molar-refractivity contribution in [2.24, 2.45) is 0 Å². The molecule has 0 saturated heterocycles. The molecule has 1 heterocycles. The first-order chi connectivity index (χ1) is 12.9. The number of methoxy groups -OCH3 is 1. The molecule has 2 aromatic rings. The smallest absolute Gasteiger partial charge is 0.351 e. The summed E-state index contributed by atoms with van der Waals surface area (Å²) in [7, 11) is 1.06. The van der Waals surface area contributed by atoms with Crippen LogP contribution in [0.25, 0.3) is 0 Å². The fourth-order valence-electron chi connectivity index (χ4n) is 2.76. The Morgan fingerprint density at radius 2 is 1.81 bits per heavy atom. The molecule has 1 atom stereocenters. The first-order valence-electron chi connectivity index (χ1n) is 8.05. The normalized spacial score (nSPS) is 14.0. The molecule has 0 fully saturated rings. The van der Waals surface area contributed by atoms with Gasteiger partial charge in [0, 0.05) is 35.8 Å². The Morgan fingerprint density at radius 3 is 2.48 bits per heavy atom. The van der Waals surface area contributed by atoms with Gasteiger partial charge < -0.3 is 14.8 Å². The number of carbonyl (C=O) groups excluding carboxylic acids is 3. The molecule has 2 aromatic carbocycles. The lowest BCUT2D eigenvalue weighted by Crippen LogP contribution is -2.22. The molecular weight excluding hydrogens is 360 g/mol. The van der Waals surface area contributed by atoms with E-state index in [9.17, 15) is 23.2 Å². The van der Waals surface area contributed by atoms with Crippen LogP contribution in [0.3, 0.4) is 0 Å². The van der Waals surface area contributed by atoms with Gasteiger partial charge in [0.05, 0.1) is 12.7 Å². The lowest BCUT2D eigenvalue weighted by molar-refractivity contribution is -0.151. The molecule has 0 bridgehead atoms. The van der Waals surface area contributed by atoms with Crippen LogP contribution >= 0.6 is 0 Å². The summed E-state index contributed by atoms with van der Waals surface area (Å²) < 4.78 is 36.6. The molecule has 0 aliphatic carbocycles. The molecule has 1 aliphatic heterocycles. The van der Waals surface area contributed by atoms with Crippen molar-refractivity contribution in [3.63, 3.8) is 0 Å². The number of hydrogen-bond acceptors (Lipinski definition) is 6. The maximum absolute atomic E-state index is 13.5. The summed E-state index contributed by atoms with van der Waals surface area (Å²) in [6, 6.07) is 6.70. The number of ether oxygens (including phenoxy) is 2. The van der Waals surface area contributed by atoms with Gasteiger partial charge in [-0.2, -0.15) is 0 Å². The first-order valence-corrected chi connectivity index (χ1v) is 8.05. The standard InChI is InChI=1S/C19H15F2NO5/c1-26-19(25)17(11-6-12(20)9-13(21)7-11)27-18(24)10-2-3-15-14(8-10)16(23)4-5-22-15/h2-3,6-9,17,22H,4-5H2,1H3. The Balaban J connectivity index is 1.90. The van der Waals surface area contributed by atoms with Crippen LogP contribution < -0.4 is 5.32 Å². The molecule has 0 spiro atoms. The maximum Gasteiger partial charge on any atom is 0.351 e. The molecule has 1 N–H and O–H groups in total. The highest BCUT2D eigenvalue weighted by Gasteiger charge is 2.28. The summed E-state index contributed by atoms with van der Waals surface area (Å²) >= 11 is 0. The van der Waals surface area contributed by atoms with E-state index in [2.05, 4.69) is 10.1 Å². The lowest BCUT2D eigenvalue weighted by atomic mass is 9.99. The molecule has 27 heavy (non-hydrogen) atoms. The molecule has 0 amide bonds. The quantitative estimate of drug-likeness (QED) is 0.828. The van der Waals surface area contributed by atoms with Gasteiger partial charge in [-0.3, -0.25) is 4.79 Å². The van der Waals surface area contributed by atoms with Crippen LogP contribution in [0.15, 0.2) is 36.4 Å². The van der Waals surface area contributed by atoms with E-state index in [1.165, 1.54) is 12.1 Å². The fraction of sp³-hybridized carbons (Fsp3) is 0.211. The van der Waals surface area contributed by atoms with E-state index in [0.29, 0.717) is 30.3 Å². The van der Waals surface area contributed by atoms with Crippen molar-refractivity contribution in [1.29, 1.82) is 0 Å². The predicted octanol–water partition coefficient (Wildman–Crippen LogP) is 3.03. The maximum atomic E-state index is 13.5. The average Bonchev–Trinajstić information content (AvgIpc) is 2.64. The molecular formula is C19H15F2NO5. The molecule has 140 valence electrons. The molecule has 6 nitrogen and oxygen atoms in total. The van der Waals surface area contributed by atoms with Gasteiger partial charge in [0.2, 0.25) is 6.10 Å². The number of nitrogens with one attached hydrogen (secondary N) is 1. The predicted molar refractivity (Wildman–Crippen MR) is 90.4 cm³/mol. The van der Waals surface area contributed by atoms with Gasteiger partial charge >= 0.3 is 11.9 Å². The van der Waals surface area contributed by atoms with Gasteiger partial charge in [-0.1, -0.05) is 0 Å². The third kappa shape index (κ3) is 3.94. The van der Waals surface area contributed by atoms with E-state index >= 15 is 0 Å². The number of rotatable bonds is 4. The summed E-state index contributed by atoms with van der Waals surface area (Å²) in [5, 5.41) is 3.04. The Hall–Kier alpha value is -3.29. The second kappa shape index (κ2) is 7.53. The van der Waals surface area contributed by atoms with Crippen molar-refractivity contribution in [3.05, 3.63) is 64.7 Å². The van der Waals surface area contributed by atoms with E-state index in [4.69, 9.17) is 4.74 Å². The van der Waals surface area contributed by atoms with Crippen molar-refractivity contribution < 1.29 is 32.6 Å². The van der Waals surface area contributed by atoms with E-state index < -0.39 is 29.7 Å². The van der Waals surface area contributed by atoms with Crippen LogP contribution in [0.4, 0.5) is 14.5 Å².